The van der Waals surface area contributed by atoms with E-state index in [9.17, 15) is 8.42 Å². The summed E-state index contributed by atoms with van der Waals surface area (Å²) in [4.78, 5) is 0. The van der Waals surface area contributed by atoms with Crippen LogP contribution in [-0.2, 0) is 10.1 Å². The lowest BCUT2D eigenvalue weighted by Gasteiger charge is -2.08. The molecule has 0 bridgehead atoms. The summed E-state index contributed by atoms with van der Waals surface area (Å²) in [6.07, 6.45) is 0.559. The van der Waals surface area contributed by atoms with Gasteiger partial charge in [-0.1, -0.05) is 37.0 Å². The Balaban J connectivity index is 2.73. The maximum atomic E-state index is 11.6. The number of rotatable bonds is 5. The first kappa shape index (κ1) is 14.6. The third-order valence-corrected chi connectivity index (χ3v) is 3.98. The molecule has 0 heterocycles. The fraction of sp³-hybridized carbons (Fsp3) is 0.455. The van der Waals surface area contributed by atoms with Crippen molar-refractivity contribution in [2.24, 2.45) is 5.92 Å². The van der Waals surface area contributed by atoms with Gasteiger partial charge in [0.1, 0.15) is 5.75 Å². The molecule has 1 aromatic carbocycles. The molecule has 17 heavy (non-hydrogen) atoms. The SMILES string of the molecule is CC(C)CCS(=O)(=O)Oc1ccc(Cl)c(Cl)c1. The molecule has 0 N–H and O–H groups in total. The summed E-state index contributed by atoms with van der Waals surface area (Å²) >= 11 is 11.5. The Morgan fingerprint density at radius 2 is 1.88 bits per heavy atom. The second kappa shape index (κ2) is 5.94. The molecular formula is C11H14Cl2O3S. The van der Waals surface area contributed by atoms with Gasteiger partial charge in [0.05, 0.1) is 15.8 Å². The van der Waals surface area contributed by atoms with Gasteiger partial charge in [0.15, 0.2) is 0 Å². The van der Waals surface area contributed by atoms with Crippen LogP contribution in [0.3, 0.4) is 0 Å². The highest BCUT2D eigenvalue weighted by Crippen LogP contribution is 2.27. The molecule has 0 aliphatic rings. The van der Waals surface area contributed by atoms with Crippen molar-refractivity contribution >= 4 is 33.3 Å². The Morgan fingerprint density at radius 3 is 2.41 bits per heavy atom. The first-order valence-electron chi connectivity index (χ1n) is 5.17. The van der Waals surface area contributed by atoms with Gasteiger partial charge in [0.25, 0.3) is 0 Å². The zero-order valence-corrected chi connectivity index (χ0v) is 11.9. The summed E-state index contributed by atoms with van der Waals surface area (Å²) in [6.45, 7) is 3.91. The van der Waals surface area contributed by atoms with Crippen LogP contribution in [0.1, 0.15) is 20.3 Å². The number of halogens is 2. The standard InChI is InChI=1S/C11H14Cl2O3S/c1-8(2)5-6-17(14,15)16-9-3-4-10(12)11(13)7-9/h3-4,7-8H,5-6H2,1-2H3. The van der Waals surface area contributed by atoms with Crippen LogP contribution in [0.4, 0.5) is 0 Å². The van der Waals surface area contributed by atoms with Crippen molar-refractivity contribution in [3.8, 4) is 5.75 Å². The van der Waals surface area contributed by atoms with Gasteiger partial charge in [-0.3, -0.25) is 0 Å². The average molecular weight is 297 g/mol. The highest BCUT2D eigenvalue weighted by Gasteiger charge is 2.14. The van der Waals surface area contributed by atoms with Crippen LogP contribution in [-0.4, -0.2) is 14.2 Å². The minimum atomic E-state index is -3.56. The molecule has 0 saturated carbocycles. The second-order valence-corrected chi connectivity index (χ2v) is 6.61. The third kappa shape index (κ3) is 5.15. The predicted octanol–water partition coefficient (Wildman–Crippen LogP) is 3.75. The molecule has 0 aliphatic heterocycles. The molecule has 0 amide bonds. The van der Waals surface area contributed by atoms with Crippen molar-refractivity contribution in [1.82, 2.24) is 0 Å². The van der Waals surface area contributed by atoms with Gasteiger partial charge in [-0.2, -0.15) is 8.42 Å². The van der Waals surface area contributed by atoms with Crippen LogP contribution in [0.2, 0.25) is 10.0 Å². The Morgan fingerprint density at radius 1 is 1.24 bits per heavy atom. The highest BCUT2D eigenvalue weighted by atomic mass is 35.5. The Labute approximate surface area is 112 Å². The van der Waals surface area contributed by atoms with Crippen molar-refractivity contribution < 1.29 is 12.6 Å². The maximum absolute atomic E-state index is 11.6. The number of hydrogen-bond donors (Lipinski definition) is 0. The van der Waals surface area contributed by atoms with E-state index in [1.54, 1.807) is 0 Å². The van der Waals surface area contributed by atoms with Crippen LogP contribution in [0.15, 0.2) is 18.2 Å². The minimum absolute atomic E-state index is 0.00902. The second-order valence-electron chi connectivity index (χ2n) is 4.10. The normalized spacial score (nSPS) is 11.8. The Kier molecular flexibility index (Phi) is 5.10. The highest BCUT2D eigenvalue weighted by molar-refractivity contribution is 7.87. The molecule has 0 spiro atoms. The smallest absolute Gasteiger partial charge is 0.309 e. The van der Waals surface area contributed by atoms with Crippen molar-refractivity contribution in [3.05, 3.63) is 28.2 Å². The zero-order valence-electron chi connectivity index (χ0n) is 9.61. The number of hydrogen-bond acceptors (Lipinski definition) is 3. The third-order valence-electron chi connectivity index (χ3n) is 2.06. The van der Waals surface area contributed by atoms with E-state index in [0.29, 0.717) is 17.4 Å². The van der Waals surface area contributed by atoms with Gasteiger partial charge in [-0.15, -0.1) is 0 Å². The van der Waals surface area contributed by atoms with E-state index in [2.05, 4.69) is 0 Å². The van der Waals surface area contributed by atoms with Crippen LogP contribution < -0.4 is 4.18 Å². The van der Waals surface area contributed by atoms with Crippen molar-refractivity contribution in [1.29, 1.82) is 0 Å². The molecule has 0 fully saturated rings. The summed E-state index contributed by atoms with van der Waals surface area (Å²) < 4.78 is 28.1. The molecule has 0 aromatic heterocycles. The summed E-state index contributed by atoms with van der Waals surface area (Å²) in [5.41, 5.74) is 0. The first-order chi connectivity index (χ1) is 7.80. The van der Waals surface area contributed by atoms with Crippen molar-refractivity contribution in [3.63, 3.8) is 0 Å². The predicted molar refractivity (Wildman–Crippen MR) is 70.3 cm³/mol. The molecule has 1 aromatic rings. The van der Waals surface area contributed by atoms with Gasteiger partial charge < -0.3 is 4.18 Å². The van der Waals surface area contributed by atoms with E-state index in [1.807, 2.05) is 13.8 Å². The summed E-state index contributed by atoms with van der Waals surface area (Å²) in [5, 5.41) is 0.627. The van der Waals surface area contributed by atoms with Gasteiger partial charge in [0.2, 0.25) is 0 Å². The molecule has 0 atom stereocenters. The van der Waals surface area contributed by atoms with E-state index in [4.69, 9.17) is 27.4 Å². The van der Waals surface area contributed by atoms with E-state index in [-0.39, 0.29) is 16.5 Å². The summed E-state index contributed by atoms with van der Waals surface area (Å²) in [7, 11) is -3.56. The van der Waals surface area contributed by atoms with Gasteiger partial charge in [0, 0.05) is 6.07 Å². The van der Waals surface area contributed by atoms with E-state index < -0.39 is 10.1 Å². The quantitative estimate of drug-likeness (QED) is 0.777. The van der Waals surface area contributed by atoms with Crippen LogP contribution in [0.5, 0.6) is 5.75 Å². The van der Waals surface area contributed by atoms with Gasteiger partial charge in [-0.25, -0.2) is 0 Å². The lowest BCUT2D eigenvalue weighted by atomic mass is 10.2. The monoisotopic (exact) mass is 296 g/mol. The van der Waals surface area contributed by atoms with Crippen LogP contribution in [0, 0.1) is 5.92 Å². The largest absolute Gasteiger partial charge is 0.382 e. The molecule has 0 radical (unpaired) electrons. The topological polar surface area (TPSA) is 43.4 Å². The van der Waals surface area contributed by atoms with Crippen molar-refractivity contribution in [2.75, 3.05) is 5.75 Å². The molecule has 0 unspecified atom stereocenters. The van der Waals surface area contributed by atoms with E-state index in [0.717, 1.165) is 0 Å². The minimum Gasteiger partial charge on any atom is -0.382 e. The lowest BCUT2D eigenvalue weighted by molar-refractivity contribution is 0.477. The summed E-state index contributed by atoms with van der Waals surface area (Å²) in [5.74, 6) is 0.482. The van der Waals surface area contributed by atoms with Gasteiger partial charge in [-0.05, 0) is 24.5 Å². The fourth-order valence-corrected chi connectivity index (χ4v) is 2.63. The van der Waals surface area contributed by atoms with E-state index >= 15 is 0 Å². The van der Waals surface area contributed by atoms with E-state index in [1.165, 1.54) is 18.2 Å². The fourth-order valence-electron chi connectivity index (χ4n) is 1.10. The molecule has 0 aliphatic carbocycles. The maximum Gasteiger partial charge on any atom is 0.309 e. The Bertz CT molecular complexity index is 483. The van der Waals surface area contributed by atoms with Crippen molar-refractivity contribution in [2.45, 2.75) is 20.3 Å². The first-order valence-corrected chi connectivity index (χ1v) is 7.51. The molecule has 1 rings (SSSR count). The Hall–Kier alpha value is -0.450. The number of benzene rings is 1. The molecule has 0 saturated heterocycles. The molecule has 3 nitrogen and oxygen atoms in total. The molecular weight excluding hydrogens is 283 g/mol. The van der Waals surface area contributed by atoms with Crippen LogP contribution in [0.25, 0.3) is 0 Å². The lowest BCUT2D eigenvalue weighted by Crippen LogP contribution is -2.15. The summed E-state index contributed by atoms with van der Waals surface area (Å²) in [6, 6.07) is 4.36. The van der Waals surface area contributed by atoms with Gasteiger partial charge >= 0.3 is 10.1 Å². The molecule has 6 heteroatoms. The molecule has 96 valence electrons. The van der Waals surface area contributed by atoms with Crippen LogP contribution >= 0.6 is 23.2 Å². The zero-order chi connectivity index (χ0) is 13.1. The average Bonchev–Trinajstić information content (AvgIpc) is 2.21.